The van der Waals surface area contributed by atoms with E-state index >= 15 is 0 Å². The Labute approximate surface area is 188 Å². The number of likely N-dealkylation sites (tertiary alicyclic amines) is 1. The minimum absolute atomic E-state index is 0.0792. The van der Waals surface area contributed by atoms with Gasteiger partial charge in [-0.2, -0.15) is 0 Å². The first-order valence-electron chi connectivity index (χ1n) is 10.4. The van der Waals surface area contributed by atoms with Crippen LogP contribution in [0.3, 0.4) is 0 Å². The van der Waals surface area contributed by atoms with Crippen molar-refractivity contribution in [3.63, 3.8) is 0 Å². The summed E-state index contributed by atoms with van der Waals surface area (Å²) in [4.78, 5) is 38.5. The van der Waals surface area contributed by atoms with Gasteiger partial charge in [-0.15, -0.1) is 0 Å². The smallest absolute Gasteiger partial charge is 0.408 e. The fourth-order valence-electron chi connectivity index (χ4n) is 3.33. The maximum atomic E-state index is 12.8. The first-order valence-corrected chi connectivity index (χ1v) is 10.4. The monoisotopic (exact) mass is 451 g/mol. The Morgan fingerprint density at radius 1 is 1.00 bits per heavy atom. The van der Waals surface area contributed by atoms with Gasteiger partial charge in [-0.25, -0.2) is 4.79 Å². The van der Waals surface area contributed by atoms with Crippen molar-refractivity contribution in [1.29, 1.82) is 0 Å². The molecule has 3 amide bonds. The second kappa shape index (κ2) is 10.9. The fourth-order valence-corrected chi connectivity index (χ4v) is 3.33. The molecule has 32 heavy (non-hydrogen) atoms. The van der Waals surface area contributed by atoms with E-state index in [-0.39, 0.29) is 24.4 Å². The molecule has 1 aliphatic heterocycles. The van der Waals surface area contributed by atoms with Crippen molar-refractivity contribution in [2.24, 2.45) is 0 Å². The van der Waals surface area contributed by atoms with Crippen LogP contribution >= 0.6 is 0 Å². The summed E-state index contributed by atoms with van der Waals surface area (Å²) in [5.41, 5.74) is -0.235. The Morgan fingerprint density at radius 3 is 2.03 bits per heavy atom. The van der Waals surface area contributed by atoms with Crippen LogP contribution in [-0.4, -0.2) is 75.4 Å². The van der Waals surface area contributed by atoms with Crippen LogP contribution in [0, 0.1) is 0 Å². The van der Waals surface area contributed by atoms with Gasteiger partial charge in [-0.3, -0.25) is 9.59 Å². The molecule has 10 heteroatoms. The summed E-state index contributed by atoms with van der Waals surface area (Å²) in [5, 5.41) is 5.47. The minimum atomic E-state index is -0.627. The average Bonchev–Trinajstić information content (AvgIpc) is 2.75. The van der Waals surface area contributed by atoms with Crippen LogP contribution in [0.1, 0.15) is 44.0 Å². The summed E-state index contributed by atoms with van der Waals surface area (Å²) in [6.07, 6.45) is 0.584. The molecule has 0 aliphatic carbocycles. The van der Waals surface area contributed by atoms with Crippen LogP contribution in [-0.2, 0) is 9.53 Å². The lowest BCUT2D eigenvalue weighted by Crippen LogP contribution is -2.49. The summed E-state index contributed by atoms with van der Waals surface area (Å²) in [6.45, 7) is 6.10. The van der Waals surface area contributed by atoms with E-state index in [0.717, 1.165) is 0 Å². The van der Waals surface area contributed by atoms with Crippen molar-refractivity contribution in [2.45, 2.75) is 45.3 Å². The number of carbonyl (C=O) groups is 3. The van der Waals surface area contributed by atoms with Crippen molar-refractivity contribution in [3.8, 4) is 17.2 Å². The zero-order chi connectivity index (χ0) is 23.9. The fraction of sp³-hybridized carbons (Fsp3) is 0.591. The molecule has 1 aromatic rings. The predicted molar refractivity (Wildman–Crippen MR) is 117 cm³/mol. The Balaban J connectivity index is 1.87. The van der Waals surface area contributed by atoms with E-state index in [1.54, 1.807) is 37.8 Å². The van der Waals surface area contributed by atoms with E-state index in [4.69, 9.17) is 18.9 Å². The lowest BCUT2D eigenvalue weighted by Gasteiger charge is -2.32. The van der Waals surface area contributed by atoms with E-state index in [2.05, 4.69) is 10.6 Å². The van der Waals surface area contributed by atoms with Gasteiger partial charge < -0.3 is 34.5 Å². The predicted octanol–water partition coefficient (Wildman–Crippen LogP) is 1.96. The minimum Gasteiger partial charge on any atom is -0.493 e. The number of benzene rings is 1. The molecule has 2 N–H and O–H groups in total. The maximum Gasteiger partial charge on any atom is 0.408 e. The normalized spacial score (nSPS) is 14.4. The van der Waals surface area contributed by atoms with Crippen LogP contribution in [0.4, 0.5) is 4.79 Å². The quantitative estimate of drug-likeness (QED) is 0.651. The largest absolute Gasteiger partial charge is 0.493 e. The number of rotatable bonds is 7. The molecule has 1 heterocycles. The zero-order valence-electron chi connectivity index (χ0n) is 19.6. The summed E-state index contributed by atoms with van der Waals surface area (Å²) in [7, 11) is 4.48. The number of piperidine rings is 1. The number of hydrogen-bond donors (Lipinski definition) is 2. The number of alkyl carbamates (subject to hydrolysis) is 1. The van der Waals surface area contributed by atoms with Crippen molar-refractivity contribution >= 4 is 17.9 Å². The molecule has 0 atom stereocenters. The van der Waals surface area contributed by atoms with Crippen molar-refractivity contribution in [2.75, 3.05) is 41.0 Å². The van der Waals surface area contributed by atoms with Crippen molar-refractivity contribution < 1.29 is 33.3 Å². The highest BCUT2D eigenvalue weighted by atomic mass is 16.6. The summed E-state index contributed by atoms with van der Waals surface area (Å²) >= 11 is 0. The Hall–Kier alpha value is -3.17. The molecule has 1 saturated heterocycles. The molecule has 2 rings (SSSR count). The van der Waals surface area contributed by atoms with Crippen molar-refractivity contribution in [1.82, 2.24) is 15.5 Å². The topological polar surface area (TPSA) is 115 Å². The number of carbonyl (C=O) groups excluding carboxylic acids is 3. The van der Waals surface area contributed by atoms with E-state index in [9.17, 15) is 14.4 Å². The number of methoxy groups -OCH3 is 3. The molecule has 10 nitrogen and oxygen atoms in total. The van der Waals surface area contributed by atoms with Gasteiger partial charge in [0.1, 0.15) is 12.1 Å². The highest BCUT2D eigenvalue weighted by molar-refractivity contribution is 5.95. The van der Waals surface area contributed by atoms with Gasteiger partial charge in [-0.1, -0.05) is 0 Å². The van der Waals surface area contributed by atoms with Crippen LogP contribution in [0.25, 0.3) is 0 Å². The van der Waals surface area contributed by atoms with Gasteiger partial charge >= 0.3 is 6.09 Å². The lowest BCUT2D eigenvalue weighted by molar-refractivity contribution is -0.131. The Morgan fingerprint density at radius 2 is 1.56 bits per heavy atom. The molecular weight excluding hydrogens is 418 g/mol. The van der Waals surface area contributed by atoms with Crippen molar-refractivity contribution in [3.05, 3.63) is 17.7 Å². The first-order chi connectivity index (χ1) is 15.1. The second-order valence-corrected chi connectivity index (χ2v) is 8.40. The third kappa shape index (κ3) is 6.93. The first kappa shape index (κ1) is 25.1. The summed E-state index contributed by atoms with van der Waals surface area (Å²) in [5.74, 6) is 0.758. The van der Waals surface area contributed by atoms with E-state index in [0.29, 0.717) is 48.7 Å². The Bertz CT molecular complexity index is 802. The molecule has 178 valence electrons. The molecule has 1 aliphatic rings. The number of nitrogens with one attached hydrogen (secondary N) is 2. The SMILES string of the molecule is COc1cc(C(=O)NC2CCN(C(=O)CNC(=O)OC(C)(C)C)CC2)cc(OC)c1OC. The van der Waals surface area contributed by atoms with Gasteiger partial charge in [0, 0.05) is 24.7 Å². The van der Waals surface area contributed by atoms with Gasteiger partial charge in [-0.05, 0) is 45.7 Å². The molecule has 0 unspecified atom stereocenters. The number of hydrogen-bond acceptors (Lipinski definition) is 7. The molecule has 0 aromatic heterocycles. The highest BCUT2D eigenvalue weighted by Crippen LogP contribution is 2.38. The number of ether oxygens (including phenoxy) is 4. The van der Waals surface area contributed by atoms with E-state index < -0.39 is 11.7 Å². The highest BCUT2D eigenvalue weighted by Gasteiger charge is 2.26. The molecule has 1 aromatic carbocycles. The molecule has 0 bridgehead atoms. The van der Waals surface area contributed by atoms with Gasteiger partial charge in [0.05, 0.1) is 21.3 Å². The third-order valence-corrected chi connectivity index (χ3v) is 4.89. The molecule has 0 saturated carbocycles. The Kier molecular flexibility index (Phi) is 8.56. The van der Waals surface area contributed by atoms with Gasteiger partial charge in [0.25, 0.3) is 5.91 Å². The van der Waals surface area contributed by atoms with Gasteiger partial charge in [0.15, 0.2) is 11.5 Å². The molecule has 0 spiro atoms. The van der Waals surface area contributed by atoms with Crippen LogP contribution in [0.15, 0.2) is 12.1 Å². The van der Waals surface area contributed by atoms with E-state index in [1.165, 1.54) is 21.3 Å². The van der Waals surface area contributed by atoms with E-state index in [1.807, 2.05) is 0 Å². The number of nitrogens with zero attached hydrogens (tertiary/aromatic N) is 1. The second-order valence-electron chi connectivity index (χ2n) is 8.40. The number of amides is 3. The summed E-state index contributed by atoms with van der Waals surface area (Å²) < 4.78 is 21.0. The molecular formula is C22H33N3O7. The van der Waals surface area contributed by atoms with Crippen LogP contribution in [0.2, 0.25) is 0 Å². The van der Waals surface area contributed by atoms with Crippen LogP contribution < -0.4 is 24.8 Å². The molecule has 0 radical (unpaired) electrons. The maximum absolute atomic E-state index is 12.8. The lowest BCUT2D eigenvalue weighted by atomic mass is 10.0. The van der Waals surface area contributed by atoms with Crippen LogP contribution in [0.5, 0.6) is 17.2 Å². The molecule has 1 fully saturated rings. The zero-order valence-corrected chi connectivity index (χ0v) is 19.6. The van der Waals surface area contributed by atoms with Gasteiger partial charge in [0.2, 0.25) is 11.7 Å². The standard InChI is InChI=1S/C22H33N3O7/c1-22(2,3)32-21(28)23-13-18(26)25-9-7-15(8-10-25)24-20(27)14-11-16(29-4)19(31-6)17(12-14)30-5/h11-12,15H,7-10,13H2,1-6H3,(H,23,28)(H,24,27). The third-order valence-electron chi connectivity index (χ3n) is 4.89. The summed E-state index contributed by atoms with van der Waals surface area (Å²) in [6, 6.07) is 3.11. The average molecular weight is 452 g/mol.